The first-order chi connectivity index (χ1) is 14.5. The number of nitrogens with one attached hydrogen (secondary N) is 1. The van der Waals surface area contributed by atoms with Gasteiger partial charge in [-0.2, -0.15) is 0 Å². The van der Waals surface area contributed by atoms with E-state index in [4.69, 9.17) is 4.74 Å². The molecule has 0 bridgehead atoms. The lowest BCUT2D eigenvalue weighted by atomic mass is 10.0. The number of nitrogens with zero attached hydrogens (tertiary/aromatic N) is 3. The lowest BCUT2D eigenvalue weighted by Crippen LogP contribution is -2.29. The van der Waals surface area contributed by atoms with E-state index in [2.05, 4.69) is 53.0 Å². The summed E-state index contributed by atoms with van der Waals surface area (Å²) in [5, 5.41) is 12.5. The Hall–Kier alpha value is -2.80. The van der Waals surface area contributed by atoms with Gasteiger partial charge in [-0.05, 0) is 49.6 Å². The van der Waals surface area contributed by atoms with Crippen LogP contribution in [0, 0.1) is 0 Å². The number of hydrogen-bond acceptors (Lipinski definition) is 5. The summed E-state index contributed by atoms with van der Waals surface area (Å²) in [5.41, 5.74) is 2.18. The van der Waals surface area contributed by atoms with Crippen molar-refractivity contribution < 1.29 is 9.53 Å². The topological polar surface area (TPSA) is 69.0 Å². The molecule has 158 valence electrons. The van der Waals surface area contributed by atoms with Gasteiger partial charge in [0.05, 0.1) is 12.9 Å². The van der Waals surface area contributed by atoms with Crippen LogP contribution in [0.1, 0.15) is 38.3 Å². The fourth-order valence-electron chi connectivity index (χ4n) is 3.13. The second kappa shape index (κ2) is 10.3. The predicted octanol–water partition coefficient (Wildman–Crippen LogP) is 4.55. The molecule has 30 heavy (non-hydrogen) atoms. The molecule has 1 N–H and O–H groups in total. The van der Waals surface area contributed by atoms with E-state index in [-0.39, 0.29) is 17.9 Å². The summed E-state index contributed by atoms with van der Waals surface area (Å²) in [6.45, 7) is 6.89. The standard InChI is InChI=1S/C23H28N4O2S/c1-16(2)27-22(19-10-12-20(29-4)13-11-19)25-26-23(27)30-15-21(28)24-14-17(3)18-8-6-5-7-9-18/h5-13,16-17H,14-15H2,1-4H3,(H,24,28)/t17-/m1/s1. The Balaban J connectivity index is 1.62. The third-order valence-corrected chi connectivity index (χ3v) is 5.78. The molecule has 7 heteroatoms. The second-order valence-electron chi connectivity index (χ2n) is 7.40. The first-order valence-electron chi connectivity index (χ1n) is 10.0. The van der Waals surface area contributed by atoms with Crippen molar-refractivity contribution in [3.8, 4) is 17.1 Å². The van der Waals surface area contributed by atoms with Gasteiger partial charge in [0.2, 0.25) is 5.91 Å². The van der Waals surface area contributed by atoms with Gasteiger partial charge in [0, 0.05) is 18.2 Å². The van der Waals surface area contributed by atoms with Gasteiger partial charge in [0.1, 0.15) is 5.75 Å². The molecule has 0 saturated heterocycles. The van der Waals surface area contributed by atoms with E-state index in [1.807, 2.05) is 42.5 Å². The van der Waals surface area contributed by atoms with Gasteiger partial charge >= 0.3 is 0 Å². The zero-order valence-corrected chi connectivity index (χ0v) is 18.6. The van der Waals surface area contributed by atoms with E-state index in [0.29, 0.717) is 12.3 Å². The van der Waals surface area contributed by atoms with Crippen LogP contribution in [0.25, 0.3) is 11.4 Å². The minimum atomic E-state index is -0.00733. The number of rotatable bonds is 9. The molecule has 0 aliphatic rings. The first-order valence-corrected chi connectivity index (χ1v) is 11.0. The summed E-state index contributed by atoms with van der Waals surface area (Å²) in [6.07, 6.45) is 0. The first kappa shape index (κ1) is 21.9. The fraction of sp³-hybridized carbons (Fsp3) is 0.348. The van der Waals surface area contributed by atoms with E-state index in [1.165, 1.54) is 17.3 Å². The molecule has 3 aromatic rings. The number of methoxy groups -OCH3 is 1. The molecule has 0 aliphatic heterocycles. The monoisotopic (exact) mass is 424 g/mol. The molecule has 3 rings (SSSR count). The Morgan fingerprint density at radius 1 is 1.07 bits per heavy atom. The highest BCUT2D eigenvalue weighted by Crippen LogP contribution is 2.28. The number of amides is 1. The van der Waals surface area contributed by atoms with Gasteiger partial charge in [-0.25, -0.2) is 0 Å². The molecule has 1 amide bonds. The van der Waals surface area contributed by atoms with Crippen molar-refractivity contribution in [2.75, 3.05) is 19.4 Å². The summed E-state index contributed by atoms with van der Waals surface area (Å²) in [5.74, 6) is 2.14. The zero-order valence-electron chi connectivity index (χ0n) is 17.8. The summed E-state index contributed by atoms with van der Waals surface area (Å²) in [6, 6.07) is 18.1. The largest absolute Gasteiger partial charge is 0.497 e. The molecule has 1 atom stereocenters. The van der Waals surface area contributed by atoms with Gasteiger partial charge in [-0.1, -0.05) is 49.0 Å². The van der Waals surface area contributed by atoms with Gasteiger partial charge in [0.25, 0.3) is 0 Å². The van der Waals surface area contributed by atoms with Crippen LogP contribution in [-0.2, 0) is 4.79 Å². The fourth-order valence-corrected chi connectivity index (χ4v) is 4.02. The van der Waals surface area contributed by atoms with E-state index in [0.717, 1.165) is 22.3 Å². The Kier molecular flexibility index (Phi) is 7.52. The van der Waals surface area contributed by atoms with Crippen LogP contribution in [0.5, 0.6) is 5.75 Å². The Morgan fingerprint density at radius 2 is 1.77 bits per heavy atom. The molecular weight excluding hydrogens is 396 g/mol. The van der Waals surface area contributed by atoms with Crippen LogP contribution in [-0.4, -0.2) is 40.1 Å². The average molecular weight is 425 g/mol. The third-order valence-electron chi connectivity index (χ3n) is 4.84. The quantitative estimate of drug-likeness (QED) is 0.511. The number of hydrogen-bond donors (Lipinski definition) is 1. The normalized spacial score (nSPS) is 12.0. The highest BCUT2D eigenvalue weighted by atomic mass is 32.2. The summed E-state index contributed by atoms with van der Waals surface area (Å²) < 4.78 is 7.29. The van der Waals surface area contributed by atoms with Crippen molar-refractivity contribution in [2.45, 2.75) is 37.9 Å². The maximum atomic E-state index is 12.4. The number of ether oxygens (including phenoxy) is 1. The van der Waals surface area contributed by atoms with Gasteiger partial charge < -0.3 is 10.1 Å². The van der Waals surface area contributed by atoms with Gasteiger partial charge in [-0.3, -0.25) is 9.36 Å². The molecule has 1 aromatic heterocycles. The molecule has 6 nitrogen and oxygen atoms in total. The Bertz CT molecular complexity index is 955. The molecule has 0 unspecified atom stereocenters. The van der Waals surface area contributed by atoms with Gasteiger partial charge in [-0.15, -0.1) is 10.2 Å². The molecule has 0 radical (unpaired) electrons. The highest BCUT2D eigenvalue weighted by molar-refractivity contribution is 7.99. The van der Waals surface area contributed by atoms with Crippen molar-refractivity contribution in [2.24, 2.45) is 0 Å². The Labute approximate surface area is 182 Å². The van der Waals surface area contributed by atoms with Crippen LogP contribution in [0.4, 0.5) is 0 Å². The van der Waals surface area contributed by atoms with E-state index in [1.54, 1.807) is 7.11 Å². The van der Waals surface area contributed by atoms with Crippen molar-refractivity contribution in [3.05, 3.63) is 60.2 Å². The van der Waals surface area contributed by atoms with E-state index < -0.39 is 0 Å². The number of carbonyl (C=O) groups excluding carboxylic acids is 1. The third kappa shape index (κ3) is 5.42. The maximum absolute atomic E-state index is 12.4. The second-order valence-corrected chi connectivity index (χ2v) is 8.35. The number of thioether (sulfide) groups is 1. The minimum Gasteiger partial charge on any atom is -0.497 e. The molecule has 2 aromatic carbocycles. The summed E-state index contributed by atoms with van der Waals surface area (Å²) >= 11 is 1.41. The highest BCUT2D eigenvalue weighted by Gasteiger charge is 2.18. The average Bonchev–Trinajstić information content (AvgIpc) is 3.21. The molecular formula is C23H28N4O2S. The number of carbonyl (C=O) groups is 1. The molecule has 0 spiro atoms. The SMILES string of the molecule is COc1ccc(-c2nnc(SCC(=O)NC[C@@H](C)c3ccccc3)n2C(C)C)cc1. The van der Waals surface area contributed by atoms with Crippen molar-refractivity contribution in [1.82, 2.24) is 20.1 Å². The lowest BCUT2D eigenvalue weighted by Gasteiger charge is -2.15. The van der Waals surface area contributed by atoms with Crippen LogP contribution < -0.4 is 10.1 Å². The van der Waals surface area contributed by atoms with Crippen LogP contribution in [0.15, 0.2) is 59.8 Å². The molecule has 0 aliphatic carbocycles. The molecule has 0 saturated carbocycles. The van der Waals surface area contributed by atoms with E-state index >= 15 is 0 Å². The van der Waals surface area contributed by atoms with Gasteiger partial charge in [0.15, 0.2) is 11.0 Å². The molecule has 0 fully saturated rings. The van der Waals surface area contributed by atoms with Crippen molar-refractivity contribution >= 4 is 17.7 Å². The number of aromatic nitrogens is 3. The van der Waals surface area contributed by atoms with Crippen LogP contribution in [0.3, 0.4) is 0 Å². The lowest BCUT2D eigenvalue weighted by molar-refractivity contribution is -0.118. The van der Waals surface area contributed by atoms with Crippen LogP contribution >= 0.6 is 11.8 Å². The van der Waals surface area contributed by atoms with E-state index in [9.17, 15) is 4.79 Å². The predicted molar refractivity (Wildman–Crippen MR) is 121 cm³/mol. The van der Waals surface area contributed by atoms with Crippen molar-refractivity contribution in [3.63, 3.8) is 0 Å². The van der Waals surface area contributed by atoms with Crippen LogP contribution in [0.2, 0.25) is 0 Å². The summed E-state index contributed by atoms with van der Waals surface area (Å²) in [4.78, 5) is 12.4. The van der Waals surface area contributed by atoms with Crippen molar-refractivity contribution in [1.29, 1.82) is 0 Å². The zero-order chi connectivity index (χ0) is 21.5. The maximum Gasteiger partial charge on any atom is 0.230 e. The smallest absolute Gasteiger partial charge is 0.230 e. The number of benzene rings is 2. The Morgan fingerprint density at radius 3 is 2.40 bits per heavy atom. The molecule has 1 heterocycles. The minimum absolute atomic E-state index is 0.00733. The summed E-state index contributed by atoms with van der Waals surface area (Å²) in [7, 11) is 1.64.